The maximum atomic E-state index is 12.2. The molecule has 1 aromatic carbocycles. The monoisotopic (exact) mass is 287 g/mol. The van der Waals surface area contributed by atoms with Crippen LogP contribution in [0.3, 0.4) is 0 Å². The van der Waals surface area contributed by atoms with Gasteiger partial charge in [0.15, 0.2) is 0 Å². The van der Waals surface area contributed by atoms with Gasteiger partial charge in [-0.15, -0.1) is 0 Å². The Hall–Kier alpha value is -2.04. The van der Waals surface area contributed by atoms with Gasteiger partial charge in [-0.2, -0.15) is 0 Å². The van der Waals surface area contributed by atoms with Crippen molar-refractivity contribution in [1.29, 1.82) is 0 Å². The molecule has 2 fully saturated rings. The molecule has 0 saturated carbocycles. The first-order valence-corrected chi connectivity index (χ1v) is 7.60. The van der Waals surface area contributed by atoms with Gasteiger partial charge >= 0.3 is 0 Å². The Kier molecular flexibility index (Phi) is 3.82. The molecule has 1 aromatic rings. The Balaban J connectivity index is 1.88. The van der Waals surface area contributed by atoms with Gasteiger partial charge in [0.25, 0.3) is 0 Å². The molecule has 112 valence electrons. The van der Waals surface area contributed by atoms with Crippen molar-refractivity contribution in [3.8, 4) is 0 Å². The van der Waals surface area contributed by atoms with Gasteiger partial charge in [-0.1, -0.05) is 12.1 Å². The van der Waals surface area contributed by atoms with Crippen LogP contribution in [-0.2, 0) is 9.59 Å². The molecule has 2 N–H and O–H groups in total. The van der Waals surface area contributed by atoms with Gasteiger partial charge in [0.05, 0.1) is 17.3 Å². The molecule has 2 heterocycles. The van der Waals surface area contributed by atoms with Crippen molar-refractivity contribution in [2.24, 2.45) is 11.7 Å². The number of nitrogens with zero attached hydrogens (tertiary/aromatic N) is 2. The molecule has 0 bridgehead atoms. The summed E-state index contributed by atoms with van der Waals surface area (Å²) in [6.45, 7) is 2.45. The van der Waals surface area contributed by atoms with E-state index in [9.17, 15) is 9.59 Å². The molecule has 2 saturated heterocycles. The normalized spacial score (nSPS) is 22.7. The van der Waals surface area contributed by atoms with Crippen molar-refractivity contribution in [3.63, 3.8) is 0 Å². The summed E-state index contributed by atoms with van der Waals surface area (Å²) < 4.78 is 0. The van der Waals surface area contributed by atoms with Crippen molar-refractivity contribution < 1.29 is 9.59 Å². The molecule has 21 heavy (non-hydrogen) atoms. The van der Waals surface area contributed by atoms with Crippen LogP contribution in [0.2, 0.25) is 0 Å². The minimum Gasteiger partial charge on any atom is -0.370 e. The van der Waals surface area contributed by atoms with E-state index >= 15 is 0 Å². The summed E-state index contributed by atoms with van der Waals surface area (Å²) in [4.78, 5) is 27.6. The fourth-order valence-electron chi connectivity index (χ4n) is 3.23. The third-order valence-electron chi connectivity index (χ3n) is 4.40. The predicted octanol–water partition coefficient (Wildman–Crippen LogP) is 1.52. The molecule has 2 aliphatic rings. The van der Waals surface area contributed by atoms with Gasteiger partial charge in [-0.25, -0.2) is 0 Å². The Morgan fingerprint density at radius 1 is 1.10 bits per heavy atom. The van der Waals surface area contributed by atoms with Crippen molar-refractivity contribution in [1.82, 2.24) is 0 Å². The second-order valence-corrected chi connectivity index (χ2v) is 5.84. The third kappa shape index (κ3) is 2.73. The van der Waals surface area contributed by atoms with E-state index in [4.69, 9.17) is 5.73 Å². The van der Waals surface area contributed by atoms with Gasteiger partial charge in [-0.3, -0.25) is 9.59 Å². The van der Waals surface area contributed by atoms with Crippen LogP contribution in [0.25, 0.3) is 0 Å². The van der Waals surface area contributed by atoms with Crippen molar-refractivity contribution >= 4 is 23.2 Å². The Bertz CT molecular complexity index is 552. The number of para-hydroxylation sites is 2. The van der Waals surface area contributed by atoms with Crippen molar-refractivity contribution in [2.75, 3.05) is 29.4 Å². The number of amides is 2. The molecule has 0 unspecified atom stereocenters. The van der Waals surface area contributed by atoms with Crippen LogP contribution in [0.15, 0.2) is 24.3 Å². The minimum atomic E-state index is -0.388. The second kappa shape index (κ2) is 5.76. The number of primary amides is 1. The zero-order valence-corrected chi connectivity index (χ0v) is 12.1. The quantitative estimate of drug-likeness (QED) is 0.916. The lowest BCUT2D eigenvalue weighted by atomic mass is 10.1. The summed E-state index contributed by atoms with van der Waals surface area (Å²) in [7, 11) is 0. The van der Waals surface area contributed by atoms with Gasteiger partial charge < -0.3 is 15.5 Å². The summed E-state index contributed by atoms with van der Waals surface area (Å²) in [5.74, 6) is -0.767. The zero-order valence-electron chi connectivity index (χ0n) is 12.1. The smallest absolute Gasteiger partial charge is 0.227 e. The van der Waals surface area contributed by atoms with E-state index in [2.05, 4.69) is 11.0 Å². The lowest BCUT2D eigenvalue weighted by Gasteiger charge is -2.32. The highest BCUT2D eigenvalue weighted by Gasteiger charge is 2.35. The van der Waals surface area contributed by atoms with Crippen LogP contribution in [0, 0.1) is 5.92 Å². The van der Waals surface area contributed by atoms with Crippen LogP contribution >= 0.6 is 0 Å². The van der Waals surface area contributed by atoms with Crippen LogP contribution < -0.4 is 15.5 Å². The van der Waals surface area contributed by atoms with Crippen LogP contribution in [0.4, 0.5) is 11.4 Å². The molecule has 0 aliphatic carbocycles. The Labute approximate surface area is 124 Å². The highest BCUT2D eigenvalue weighted by Crippen LogP contribution is 2.34. The molecule has 1 atom stereocenters. The van der Waals surface area contributed by atoms with Crippen molar-refractivity contribution in [3.05, 3.63) is 24.3 Å². The number of anilines is 2. The first-order valence-electron chi connectivity index (χ1n) is 7.60. The second-order valence-electron chi connectivity index (χ2n) is 5.84. The number of piperidine rings is 1. The molecular formula is C16H21N3O2. The summed E-state index contributed by atoms with van der Waals surface area (Å²) in [5.41, 5.74) is 7.36. The fraction of sp³-hybridized carbons (Fsp3) is 0.500. The molecule has 2 amide bonds. The van der Waals surface area contributed by atoms with E-state index in [1.165, 1.54) is 19.3 Å². The first-order chi connectivity index (χ1) is 10.2. The SMILES string of the molecule is NC(=O)[C@H]1CC(=O)N(c2ccccc2N2CCCCC2)C1. The molecule has 5 heteroatoms. The Morgan fingerprint density at radius 2 is 1.76 bits per heavy atom. The number of nitrogens with two attached hydrogens (primary N) is 1. The molecular weight excluding hydrogens is 266 g/mol. The third-order valence-corrected chi connectivity index (χ3v) is 4.40. The number of benzene rings is 1. The van der Waals surface area contributed by atoms with Gasteiger partial charge in [-0.05, 0) is 31.4 Å². The summed E-state index contributed by atoms with van der Waals surface area (Å²) in [6.07, 6.45) is 3.87. The highest BCUT2D eigenvalue weighted by atomic mass is 16.2. The van der Waals surface area contributed by atoms with Crippen molar-refractivity contribution in [2.45, 2.75) is 25.7 Å². The molecule has 2 aliphatic heterocycles. The average Bonchev–Trinajstić information content (AvgIpc) is 2.90. The molecule has 0 spiro atoms. The molecule has 0 aromatic heterocycles. The summed E-state index contributed by atoms with van der Waals surface area (Å²) >= 11 is 0. The van der Waals surface area contributed by atoms with Gasteiger partial charge in [0.2, 0.25) is 11.8 Å². The number of hydrogen-bond acceptors (Lipinski definition) is 3. The number of carbonyl (C=O) groups is 2. The summed E-state index contributed by atoms with van der Waals surface area (Å²) in [5, 5.41) is 0. The first kappa shape index (κ1) is 13.9. The predicted molar refractivity (Wildman–Crippen MR) is 82.2 cm³/mol. The van der Waals surface area contributed by atoms with Crippen LogP contribution in [-0.4, -0.2) is 31.4 Å². The van der Waals surface area contributed by atoms with Gasteiger partial charge in [0, 0.05) is 26.1 Å². The minimum absolute atomic E-state index is 0.0109. The largest absolute Gasteiger partial charge is 0.370 e. The standard InChI is InChI=1S/C16H21N3O2/c17-16(21)12-10-15(20)19(11-12)14-7-3-2-6-13(14)18-8-4-1-5-9-18/h2-3,6-7,12H,1,4-5,8-11H2,(H2,17,21)/t12-/m0/s1. The van der Waals surface area contributed by atoms with Gasteiger partial charge in [0.1, 0.15) is 0 Å². The van der Waals surface area contributed by atoms with Crippen LogP contribution in [0.5, 0.6) is 0 Å². The maximum absolute atomic E-state index is 12.2. The van der Waals surface area contributed by atoms with E-state index in [1.807, 2.05) is 18.2 Å². The summed E-state index contributed by atoms with van der Waals surface area (Å²) in [6, 6.07) is 7.96. The van der Waals surface area contributed by atoms with Crippen LogP contribution in [0.1, 0.15) is 25.7 Å². The van der Waals surface area contributed by atoms with E-state index in [-0.39, 0.29) is 24.2 Å². The van der Waals surface area contributed by atoms with E-state index in [0.29, 0.717) is 6.54 Å². The lowest BCUT2D eigenvalue weighted by molar-refractivity contribution is -0.123. The Morgan fingerprint density at radius 3 is 2.38 bits per heavy atom. The molecule has 3 rings (SSSR count). The zero-order chi connectivity index (χ0) is 14.8. The lowest BCUT2D eigenvalue weighted by Crippen LogP contribution is -2.33. The fourth-order valence-corrected chi connectivity index (χ4v) is 3.23. The molecule has 5 nitrogen and oxygen atoms in total. The topological polar surface area (TPSA) is 66.6 Å². The molecule has 0 radical (unpaired) electrons. The van der Waals surface area contributed by atoms with E-state index < -0.39 is 0 Å². The number of carbonyl (C=O) groups excluding carboxylic acids is 2. The maximum Gasteiger partial charge on any atom is 0.227 e. The highest BCUT2D eigenvalue weighted by molar-refractivity contribution is 6.02. The van der Waals surface area contributed by atoms with E-state index in [1.54, 1.807) is 4.90 Å². The average molecular weight is 287 g/mol. The number of hydrogen-bond donors (Lipinski definition) is 1. The van der Waals surface area contributed by atoms with E-state index in [0.717, 1.165) is 24.5 Å². The number of rotatable bonds is 3.